The van der Waals surface area contributed by atoms with Gasteiger partial charge in [0, 0.05) is 17.1 Å². The van der Waals surface area contributed by atoms with Crippen LogP contribution in [0.4, 0.5) is 5.69 Å². The van der Waals surface area contributed by atoms with Crippen molar-refractivity contribution in [1.29, 1.82) is 0 Å². The van der Waals surface area contributed by atoms with Crippen molar-refractivity contribution in [3.8, 4) is 5.75 Å². The third kappa shape index (κ3) is 7.68. The van der Waals surface area contributed by atoms with Gasteiger partial charge in [-0.1, -0.05) is 59.6 Å². The monoisotopic (exact) mass is 605 g/mol. The maximum atomic E-state index is 14.0. The molecule has 0 unspecified atom stereocenters. The molecule has 0 aromatic heterocycles. The van der Waals surface area contributed by atoms with Gasteiger partial charge in [0.25, 0.3) is 10.0 Å². The van der Waals surface area contributed by atoms with E-state index in [0.717, 1.165) is 4.31 Å². The fourth-order valence-corrected chi connectivity index (χ4v) is 5.80. The lowest BCUT2D eigenvalue weighted by molar-refractivity contribution is -0.140. The lowest BCUT2D eigenvalue weighted by Crippen LogP contribution is -2.54. The van der Waals surface area contributed by atoms with E-state index in [9.17, 15) is 18.0 Å². The van der Waals surface area contributed by atoms with E-state index in [0.29, 0.717) is 16.3 Å². The number of hydrogen-bond donors (Lipinski definition) is 1. The van der Waals surface area contributed by atoms with Gasteiger partial charge in [-0.25, -0.2) is 8.42 Å². The Hall–Kier alpha value is -3.27. The minimum absolute atomic E-state index is 0.00841. The van der Waals surface area contributed by atoms with Gasteiger partial charge in [-0.2, -0.15) is 0 Å². The molecule has 0 bridgehead atoms. The molecule has 40 heavy (non-hydrogen) atoms. The molecule has 0 aliphatic carbocycles. The van der Waals surface area contributed by atoms with Crippen molar-refractivity contribution in [2.45, 2.75) is 50.7 Å². The van der Waals surface area contributed by atoms with Crippen molar-refractivity contribution in [2.75, 3.05) is 18.0 Å². The van der Waals surface area contributed by atoms with E-state index < -0.39 is 40.0 Å². The standard InChI is InChI=1S/C29H33Cl2N3O5S/c1-20(28(36)32-29(2,3)4)33(18-21-11-9-10-14-24(21)30)27(35)19-34(22-15-16-26(39-5)25(31)17-22)40(37,38)23-12-7-6-8-13-23/h6-17,20H,18-19H2,1-5H3,(H,32,36)/t20-/m1/s1. The Balaban J connectivity index is 2.07. The molecule has 0 radical (unpaired) electrons. The highest BCUT2D eigenvalue weighted by atomic mass is 35.5. The highest BCUT2D eigenvalue weighted by Crippen LogP contribution is 2.32. The summed E-state index contributed by atoms with van der Waals surface area (Å²) in [5.74, 6) is -0.651. The number of ether oxygens (including phenoxy) is 1. The quantitative estimate of drug-likeness (QED) is 0.328. The first-order valence-electron chi connectivity index (χ1n) is 12.5. The topological polar surface area (TPSA) is 96.0 Å². The van der Waals surface area contributed by atoms with E-state index in [1.165, 1.54) is 42.3 Å². The van der Waals surface area contributed by atoms with E-state index in [4.69, 9.17) is 27.9 Å². The zero-order valence-corrected chi connectivity index (χ0v) is 25.3. The Morgan fingerprint density at radius 2 is 1.57 bits per heavy atom. The summed E-state index contributed by atoms with van der Waals surface area (Å²) >= 11 is 12.7. The number of amides is 2. The molecule has 0 saturated heterocycles. The van der Waals surface area contributed by atoms with Crippen molar-refractivity contribution in [3.63, 3.8) is 0 Å². The van der Waals surface area contributed by atoms with Crippen LogP contribution in [0.25, 0.3) is 0 Å². The van der Waals surface area contributed by atoms with Crippen LogP contribution in [0.5, 0.6) is 5.75 Å². The number of methoxy groups -OCH3 is 1. The molecule has 3 rings (SSSR count). The summed E-state index contributed by atoms with van der Waals surface area (Å²) in [4.78, 5) is 28.5. The maximum Gasteiger partial charge on any atom is 0.264 e. The van der Waals surface area contributed by atoms with E-state index in [-0.39, 0.29) is 22.2 Å². The largest absolute Gasteiger partial charge is 0.495 e. The summed E-state index contributed by atoms with van der Waals surface area (Å²) in [5.41, 5.74) is 0.220. The summed E-state index contributed by atoms with van der Waals surface area (Å²) in [5, 5.41) is 3.48. The molecular weight excluding hydrogens is 573 g/mol. The smallest absolute Gasteiger partial charge is 0.264 e. The van der Waals surface area contributed by atoms with Crippen LogP contribution < -0.4 is 14.4 Å². The van der Waals surface area contributed by atoms with Crippen molar-refractivity contribution in [1.82, 2.24) is 10.2 Å². The molecule has 11 heteroatoms. The summed E-state index contributed by atoms with van der Waals surface area (Å²) in [6.07, 6.45) is 0. The summed E-state index contributed by atoms with van der Waals surface area (Å²) < 4.78 is 33.9. The van der Waals surface area contributed by atoms with Gasteiger partial charge in [-0.05, 0) is 69.7 Å². The van der Waals surface area contributed by atoms with E-state index in [1.54, 1.807) is 49.4 Å². The minimum Gasteiger partial charge on any atom is -0.495 e. The molecule has 0 spiro atoms. The highest BCUT2D eigenvalue weighted by molar-refractivity contribution is 7.92. The zero-order chi connectivity index (χ0) is 29.7. The van der Waals surface area contributed by atoms with Crippen molar-refractivity contribution in [3.05, 3.63) is 88.4 Å². The Kier molecular flexibility index (Phi) is 10.1. The van der Waals surface area contributed by atoms with Crippen LogP contribution >= 0.6 is 23.2 Å². The van der Waals surface area contributed by atoms with Gasteiger partial charge in [0.05, 0.1) is 22.7 Å². The van der Waals surface area contributed by atoms with Gasteiger partial charge in [-0.15, -0.1) is 0 Å². The van der Waals surface area contributed by atoms with Crippen LogP contribution in [-0.4, -0.2) is 50.4 Å². The number of nitrogens with one attached hydrogen (secondary N) is 1. The third-order valence-corrected chi connectivity index (χ3v) is 8.45. The number of nitrogens with zero attached hydrogens (tertiary/aromatic N) is 2. The first-order valence-corrected chi connectivity index (χ1v) is 14.7. The fourth-order valence-electron chi connectivity index (χ4n) is 3.93. The number of carbonyl (C=O) groups is 2. The number of anilines is 1. The average molecular weight is 607 g/mol. The zero-order valence-electron chi connectivity index (χ0n) is 23.0. The second-order valence-corrected chi connectivity index (χ2v) is 12.8. The second-order valence-electron chi connectivity index (χ2n) is 10.2. The summed E-state index contributed by atoms with van der Waals surface area (Å²) in [6, 6.07) is 18.2. The predicted molar refractivity (Wildman–Crippen MR) is 158 cm³/mol. The number of halogens is 2. The normalized spacial score (nSPS) is 12.4. The molecule has 1 N–H and O–H groups in total. The van der Waals surface area contributed by atoms with Crippen molar-refractivity contribution >= 4 is 50.7 Å². The molecule has 0 saturated carbocycles. The van der Waals surface area contributed by atoms with Crippen LogP contribution in [0.3, 0.4) is 0 Å². The fraction of sp³-hybridized carbons (Fsp3) is 0.310. The SMILES string of the molecule is COc1ccc(N(CC(=O)N(Cc2ccccc2Cl)[C@H](C)C(=O)NC(C)(C)C)S(=O)(=O)c2ccccc2)cc1Cl. The van der Waals surface area contributed by atoms with E-state index in [1.807, 2.05) is 20.8 Å². The molecule has 1 atom stereocenters. The van der Waals surface area contributed by atoms with Gasteiger partial charge >= 0.3 is 0 Å². The van der Waals surface area contributed by atoms with Gasteiger partial charge in [0.15, 0.2) is 0 Å². The summed E-state index contributed by atoms with van der Waals surface area (Å²) in [6.45, 7) is 6.48. The minimum atomic E-state index is -4.22. The molecule has 0 heterocycles. The Morgan fingerprint density at radius 3 is 2.15 bits per heavy atom. The Bertz CT molecular complexity index is 1460. The molecule has 2 amide bonds. The van der Waals surface area contributed by atoms with Crippen LogP contribution in [0, 0.1) is 0 Å². The first-order chi connectivity index (χ1) is 18.7. The van der Waals surface area contributed by atoms with Crippen LogP contribution in [0.15, 0.2) is 77.7 Å². The van der Waals surface area contributed by atoms with Gasteiger partial charge in [0.1, 0.15) is 18.3 Å². The van der Waals surface area contributed by atoms with Crippen molar-refractivity contribution in [2.24, 2.45) is 0 Å². The second kappa shape index (κ2) is 12.9. The maximum absolute atomic E-state index is 14.0. The number of hydrogen-bond acceptors (Lipinski definition) is 5. The highest BCUT2D eigenvalue weighted by Gasteiger charge is 2.33. The number of carbonyl (C=O) groups excluding carboxylic acids is 2. The molecule has 0 aliphatic rings. The lowest BCUT2D eigenvalue weighted by atomic mass is 10.1. The average Bonchev–Trinajstić information content (AvgIpc) is 2.90. The van der Waals surface area contributed by atoms with Crippen LogP contribution in [0.1, 0.15) is 33.3 Å². The van der Waals surface area contributed by atoms with E-state index in [2.05, 4.69) is 5.32 Å². The van der Waals surface area contributed by atoms with E-state index >= 15 is 0 Å². The molecule has 0 aliphatic heterocycles. The van der Waals surface area contributed by atoms with Crippen molar-refractivity contribution < 1.29 is 22.7 Å². The molecule has 214 valence electrons. The number of rotatable bonds is 10. The van der Waals surface area contributed by atoms with Gasteiger partial charge < -0.3 is 15.0 Å². The van der Waals surface area contributed by atoms with Gasteiger partial charge in [0.2, 0.25) is 11.8 Å². The van der Waals surface area contributed by atoms with Crippen LogP contribution in [-0.2, 0) is 26.2 Å². The Morgan fingerprint density at radius 1 is 0.950 bits per heavy atom. The lowest BCUT2D eigenvalue weighted by Gasteiger charge is -2.33. The third-order valence-electron chi connectivity index (χ3n) is 6.00. The number of sulfonamides is 1. The van der Waals surface area contributed by atoms with Gasteiger partial charge in [-0.3, -0.25) is 13.9 Å². The molecule has 3 aromatic carbocycles. The first kappa shape index (κ1) is 31.3. The van der Waals surface area contributed by atoms with Crippen LogP contribution in [0.2, 0.25) is 10.0 Å². The predicted octanol–water partition coefficient (Wildman–Crippen LogP) is 5.53. The molecule has 8 nitrogen and oxygen atoms in total. The summed E-state index contributed by atoms with van der Waals surface area (Å²) in [7, 11) is -2.77. The molecular formula is C29H33Cl2N3O5S. The molecule has 0 fully saturated rings. The molecule has 3 aromatic rings. The Labute approximate surface area is 245 Å². The number of benzene rings is 3.